The van der Waals surface area contributed by atoms with Gasteiger partial charge in [-0.1, -0.05) is 12.7 Å². The normalized spacial score (nSPS) is 24.6. The minimum atomic E-state index is -0.145. The lowest BCUT2D eigenvalue weighted by Crippen LogP contribution is -2.49. The van der Waals surface area contributed by atoms with Crippen molar-refractivity contribution in [1.82, 2.24) is 10.3 Å². The highest BCUT2D eigenvalue weighted by molar-refractivity contribution is 5.35. The highest BCUT2D eigenvalue weighted by Crippen LogP contribution is 2.38. The number of nitrogens with zero attached hydrogens (tertiary/aromatic N) is 1. The van der Waals surface area contributed by atoms with Gasteiger partial charge in [-0.25, -0.2) is 5.84 Å². The molecule has 1 saturated heterocycles. The van der Waals surface area contributed by atoms with Crippen LogP contribution in [0.5, 0.6) is 0 Å². The van der Waals surface area contributed by atoms with Gasteiger partial charge in [0.15, 0.2) is 0 Å². The number of hydrazine groups is 1. The van der Waals surface area contributed by atoms with Gasteiger partial charge in [-0.2, -0.15) is 0 Å². The topological polar surface area (TPSA) is 50.5 Å². The zero-order valence-electron chi connectivity index (χ0n) is 9.96. The molecular formula is C12H21N3O. The summed E-state index contributed by atoms with van der Waals surface area (Å²) in [6.07, 6.45) is 4.81. The van der Waals surface area contributed by atoms with Crippen molar-refractivity contribution in [3.8, 4) is 0 Å². The molecule has 0 amide bonds. The van der Waals surface area contributed by atoms with Crippen LogP contribution in [0.25, 0.3) is 0 Å². The number of rotatable bonds is 2. The molecule has 2 rings (SSSR count). The van der Waals surface area contributed by atoms with E-state index in [4.69, 9.17) is 10.6 Å². The zero-order valence-corrected chi connectivity index (χ0v) is 9.96. The largest absolute Gasteiger partial charge is 0.370 e. The summed E-state index contributed by atoms with van der Waals surface area (Å²) in [5.41, 5.74) is 2.21. The van der Waals surface area contributed by atoms with E-state index < -0.39 is 0 Å². The lowest BCUT2D eigenvalue weighted by molar-refractivity contribution is -0.0480. The fourth-order valence-electron chi connectivity index (χ4n) is 2.73. The van der Waals surface area contributed by atoms with Crippen LogP contribution in [0, 0.1) is 0 Å². The second kappa shape index (κ2) is 4.57. The van der Waals surface area contributed by atoms with E-state index in [1.54, 1.807) is 5.01 Å². The van der Waals surface area contributed by atoms with Crippen molar-refractivity contribution in [3.63, 3.8) is 0 Å². The van der Waals surface area contributed by atoms with Crippen LogP contribution in [-0.4, -0.2) is 37.4 Å². The van der Waals surface area contributed by atoms with Crippen molar-refractivity contribution in [1.29, 1.82) is 0 Å². The van der Waals surface area contributed by atoms with Gasteiger partial charge in [-0.3, -0.25) is 0 Å². The molecular weight excluding hydrogens is 202 g/mol. The number of nitrogens with one attached hydrogen (secondary N) is 1. The Hall–Kier alpha value is -0.840. The van der Waals surface area contributed by atoms with Gasteiger partial charge >= 0.3 is 0 Å². The van der Waals surface area contributed by atoms with Gasteiger partial charge in [0.05, 0.1) is 12.2 Å². The maximum absolute atomic E-state index is 6.04. The molecule has 1 fully saturated rings. The molecule has 0 radical (unpaired) electrons. The van der Waals surface area contributed by atoms with Crippen LogP contribution in [0.3, 0.4) is 0 Å². The average molecular weight is 223 g/mol. The van der Waals surface area contributed by atoms with Crippen molar-refractivity contribution in [2.45, 2.75) is 24.9 Å². The summed E-state index contributed by atoms with van der Waals surface area (Å²) in [6.45, 7) is 6.68. The Bertz CT molecular complexity index is 303. The Morgan fingerprint density at radius 3 is 2.75 bits per heavy atom. The van der Waals surface area contributed by atoms with E-state index in [0.717, 1.165) is 39.0 Å². The van der Waals surface area contributed by atoms with E-state index in [0.29, 0.717) is 0 Å². The van der Waals surface area contributed by atoms with Crippen molar-refractivity contribution in [2.24, 2.45) is 5.84 Å². The Morgan fingerprint density at radius 2 is 2.19 bits per heavy atom. The molecule has 0 aromatic heterocycles. The van der Waals surface area contributed by atoms with E-state index in [1.807, 2.05) is 13.1 Å². The zero-order chi connectivity index (χ0) is 11.6. The van der Waals surface area contributed by atoms with Gasteiger partial charge in [0.2, 0.25) is 0 Å². The summed E-state index contributed by atoms with van der Waals surface area (Å²) in [5.74, 6) is 5.88. The van der Waals surface area contributed by atoms with Gasteiger partial charge in [-0.05, 0) is 25.9 Å². The van der Waals surface area contributed by atoms with Crippen LogP contribution in [0.2, 0.25) is 0 Å². The van der Waals surface area contributed by atoms with Gasteiger partial charge in [-0.15, -0.1) is 0 Å². The summed E-state index contributed by atoms with van der Waals surface area (Å²) in [6, 6.07) is 0. The Kier molecular flexibility index (Phi) is 3.33. The van der Waals surface area contributed by atoms with E-state index >= 15 is 0 Å². The Morgan fingerprint density at radius 1 is 1.50 bits per heavy atom. The SMILES string of the molecule is C=CC1=C(N(C)N)CCOC12CCNCC2. The molecule has 4 nitrogen and oxygen atoms in total. The number of ether oxygens (including phenoxy) is 1. The monoisotopic (exact) mass is 223 g/mol. The molecule has 0 atom stereocenters. The summed E-state index contributed by atoms with van der Waals surface area (Å²) in [7, 11) is 1.89. The van der Waals surface area contributed by atoms with Gasteiger partial charge in [0, 0.05) is 24.7 Å². The first-order valence-electron chi connectivity index (χ1n) is 5.89. The molecule has 0 saturated carbocycles. The van der Waals surface area contributed by atoms with E-state index in [1.165, 1.54) is 11.3 Å². The fourth-order valence-corrected chi connectivity index (χ4v) is 2.73. The van der Waals surface area contributed by atoms with Gasteiger partial charge in [0.1, 0.15) is 0 Å². The molecule has 2 aliphatic rings. The summed E-state index contributed by atoms with van der Waals surface area (Å²) in [4.78, 5) is 0. The summed E-state index contributed by atoms with van der Waals surface area (Å²) in [5, 5.41) is 5.07. The molecule has 2 heterocycles. The quantitative estimate of drug-likeness (QED) is 0.536. The van der Waals surface area contributed by atoms with E-state index in [2.05, 4.69) is 11.9 Å². The third-order valence-corrected chi connectivity index (χ3v) is 3.56. The first kappa shape index (κ1) is 11.6. The molecule has 0 unspecified atom stereocenters. The third-order valence-electron chi connectivity index (χ3n) is 3.56. The highest BCUT2D eigenvalue weighted by Gasteiger charge is 2.40. The molecule has 0 aromatic carbocycles. The van der Waals surface area contributed by atoms with Crippen LogP contribution in [0.15, 0.2) is 23.9 Å². The van der Waals surface area contributed by atoms with Crippen LogP contribution in [0.1, 0.15) is 19.3 Å². The molecule has 0 bridgehead atoms. The molecule has 90 valence electrons. The standard InChI is InChI=1S/C12H21N3O/c1-3-10-11(15(2)13)4-9-16-12(10)5-7-14-8-6-12/h3,14H,1,4-9,13H2,2H3. The predicted octanol–water partition coefficient (Wildman–Crippen LogP) is 0.774. The smallest absolute Gasteiger partial charge is 0.0972 e. The summed E-state index contributed by atoms with van der Waals surface area (Å²) >= 11 is 0. The minimum absolute atomic E-state index is 0.145. The summed E-state index contributed by atoms with van der Waals surface area (Å²) < 4.78 is 6.04. The molecule has 16 heavy (non-hydrogen) atoms. The van der Waals surface area contributed by atoms with Crippen LogP contribution in [-0.2, 0) is 4.74 Å². The Labute approximate surface area is 97.1 Å². The molecule has 3 N–H and O–H groups in total. The minimum Gasteiger partial charge on any atom is -0.370 e. The first-order valence-corrected chi connectivity index (χ1v) is 5.89. The predicted molar refractivity (Wildman–Crippen MR) is 64.6 cm³/mol. The van der Waals surface area contributed by atoms with Gasteiger partial charge in [0.25, 0.3) is 0 Å². The maximum atomic E-state index is 6.04. The number of hydrogen-bond donors (Lipinski definition) is 2. The van der Waals surface area contributed by atoms with E-state index in [9.17, 15) is 0 Å². The van der Waals surface area contributed by atoms with Crippen molar-refractivity contribution >= 4 is 0 Å². The lowest BCUT2D eigenvalue weighted by Gasteiger charge is -2.43. The molecule has 4 heteroatoms. The van der Waals surface area contributed by atoms with Gasteiger partial charge < -0.3 is 15.1 Å². The molecule has 2 aliphatic heterocycles. The van der Waals surface area contributed by atoms with Crippen LogP contribution >= 0.6 is 0 Å². The number of piperidine rings is 1. The van der Waals surface area contributed by atoms with Crippen molar-refractivity contribution < 1.29 is 4.74 Å². The highest BCUT2D eigenvalue weighted by atomic mass is 16.5. The van der Waals surface area contributed by atoms with Crippen molar-refractivity contribution in [2.75, 3.05) is 26.7 Å². The maximum Gasteiger partial charge on any atom is 0.0972 e. The Balaban J connectivity index is 2.36. The molecule has 0 aromatic rings. The second-order valence-electron chi connectivity index (χ2n) is 4.52. The number of nitrogens with two attached hydrogens (primary N) is 1. The molecule has 0 aliphatic carbocycles. The third kappa shape index (κ3) is 1.88. The van der Waals surface area contributed by atoms with Crippen LogP contribution < -0.4 is 11.2 Å². The fraction of sp³-hybridized carbons (Fsp3) is 0.667. The van der Waals surface area contributed by atoms with Crippen molar-refractivity contribution in [3.05, 3.63) is 23.9 Å². The van der Waals surface area contributed by atoms with E-state index in [-0.39, 0.29) is 5.60 Å². The number of hydrogen-bond acceptors (Lipinski definition) is 4. The lowest BCUT2D eigenvalue weighted by atomic mass is 9.81. The molecule has 1 spiro atoms. The first-order chi connectivity index (χ1) is 7.69. The average Bonchev–Trinajstić information content (AvgIpc) is 2.29. The second-order valence-corrected chi connectivity index (χ2v) is 4.52. The van der Waals surface area contributed by atoms with Crippen LogP contribution in [0.4, 0.5) is 0 Å².